The van der Waals surface area contributed by atoms with Crippen molar-refractivity contribution in [3.63, 3.8) is 0 Å². The molecule has 0 saturated carbocycles. The molecule has 0 unspecified atom stereocenters. The van der Waals surface area contributed by atoms with Crippen LogP contribution in [0.5, 0.6) is 5.75 Å². The Labute approximate surface area is 85.3 Å². The highest BCUT2D eigenvalue weighted by Gasteiger charge is 2.16. The third-order valence-electron chi connectivity index (χ3n) is 1.76. The molecule has 1 aromatic carbocycles. The predicted octanol–water partition coefficient (Wildman–Crippen LogP) is 1.99. The average molecular weight is 216 g/mol. The summed E-state index contributed by atoms with van der Waals surface area (Å²) in [7, 11) is 0. The maximum atomic E-state index is 13.2. The Bertz CT molecular complexity index is 377. The van der Waals surface area contributed by atoms with Crippen molar-refractivity contribution < 1.29 is 23.4 Å². The summed E-state index contributed by atoms with van der Waals surface area (Å²) in [4.78, 5) is 10.4. The number of aliphatic carboxylic acids is 1. The summed E-state index contributed by atoms with van der Waals surface area (Å²) in [5.41, 5.74) is 0.128. The van der Waals surface area contributed by atoms with Gasteiger partial charge in [-0.25, -0.2) is 4.39 Å². The smallest absolute Gasteiger partial charge is 0.307 e. The molecule has 0 aromatic heterocycles. The Kier molecular flexibility index (Phi) is 3.60. The molecule has 82 valence electrons. The zero-order chi connectivity index (χ0) is 11.4. The molecule has 15 heavy (non-hydrogen) atoms. The van der Waals surface area contributed by atoms with Crippen LogP contribution in [0.25, 0.3) is 0 Å². The van der Waals surface area contributed by atoms with E-state index in [2.05, 4.69) is 0 Å². The van der Waals surface area contributed by atoms with Crippen molar-refractivity contribution in [3.05, 3.63) is 29.3 Å². The van der Waals surface area contributed by atoms with Gasteiger partial charge in [-0.1, -0.05) is 6.07 Å². The third-order valence-corrected chi connectivity index (χ3v) is 1.76. The van der Waals surface area contributed by atoms with Crippen molar-refractivity contribution in [1.82, 2.24) is 0 Å². The van der Waals surface area contributed by atoms with Gasteiger partial charge < -0.3 is 9.84 Å². The number of carbonyl (C=O) groups is 1. The molecule has 0 aliphatic carbocycles. The van der Waals surface area contributed by atoms with Crippen molar-refractivity contribution in [2.75, 3.05) is 6.61 Å². The Hall–Kier alpha value is -1.65. The maximum absolute atomic E-state index is 13.2. The molecule has 0 spiro atoms. The molecule has 0 fully saturated rings. The van der Waals surface area contributed by atoms with Gasteiger partial charge in [0.1, 0.15) is 0 Å². The third kappa shape index (κ3) is 2.65. The number of benzene rings is 1. The van der Waals surface area contributed by atoms with Gasteiger partial charge in [0.2, 0.25) is 5.82 Å². The summed E-state index contributed by atoms with van der Waals surface area (Å²) in [6.45, 7) is 1.75. The van der Waals surface area contributed by atoms with Crippen LogP contribution in [0.1, 0.15) is 12.5 Å². The molecule has 1 rings (SSSR count). The standard InChI is InChI=1S/C10H10F2O3/c1-2-15-10-6(5-8(13)14)3-4-7(11)9(10)12/h3-4H,2,5H2,1H3,(H,13,14). The summed E-state index contributed by atoms with van der Waals surface area (Å²) in [5, 5.41) is 8.55. The topological polar surface area (TPSA) is 46.5 Å². The van der Waals surface area contributed by atoms with Crippen LogP contribution in [-0.4, -0.2) is 17.7 Å². The van der Waals surface area contributed by atoms with Crippen LogP contribution in [0.3, 0.4) is 0 Å². The van der Waals surface area contributed by atoms with Crippen molar-refractivity contribution >= 4 is 5.97 Å². The second-order valence-electron chi connectivity index (χ2n) is 2.85. The van der Waals surface area contributed by atoms with Gasteiger partial charge in [-0.05, 0) is 13.0 Å². The largest absolute Gasteiger partial charge is 0.490 e. The summed E-state index contributed by atoms with van der Waals surface area (Å²) in [6, 6.07) is 2.09. The highest BCUT2D eigenvalue weighted by molar-refractivity contribution is 5.71. The van der Waals surface area contributed by atoms with Gasteiger partial charge in [0.25, 0.3) is 0 Å². The van der Waals surface area contributed by atoms with E-state index in [-0.39, 0.29) is 17.9 Å². The van der Waals surface area contributed by atoms with Crippen molar-refractivity contribution in [2.45, 2.75) is 13.3 Å². The number of carboxylic acids is 1. The molecular formula is C10H10F2O3. The van der Waals surface area contributed by atoms with Gasteiger partial charge in [0, 0.05) is 5.56 Å². The molecule has 0 radical (unpaired) electrons. The van der Waals surface area contributed by atoms with E-state index in [1.54, 1.807) is 6.92 Å². The monoisotopic (exact) mass is 216 g/mol. The fourth-order valence-electron chi connectivity index (χ4n) is 1.17. The fourth-order valence-corrected chi connectivity index (χ4v) is 1.17. The molecule has 0 amide bonds. The first-order chi connectivity index (χ1) is 7.06. The van der Waals surface area contributed by atoms with E-state index >= 15 is 0 Å². The van der Waals surface area contributed by atoms with E-state index in [4.69, 9.17) is 9.84 Å². The van der Waals surface area contributed by atoms with Crippen LogP contribution in [0.2, 0.25) is 0 Å². The Morgan fingerprint density at radius 1 is 1.47 bits per heavy atom. The molecule has 5 heteroatoms. The molecule has 0 heterocycles. The van der Waals surface area contributed by atoms with Crippen LogP contribution in [-0.2, 0) is 11.2 Å². The minimum Gasteiger partial charge on any atom is -0.490 e. The highest BCUT2D eigenvalue weighted by atomic mass is 19.2. The van der Waals surface area contributed by atoms with E-state index < -0.39 is 24.0 Å². The van der Waals surface area contributed by atoms with Crippen molar-refractivity contribution in [2.24, 2.45) is 0 Å². The van der Waals surface area contributed by atoms with Gasteiger partial charge in [0.15, 0.2) is 11.6 Å². The van der Waals surface area contributed by atoms with Crippen LogP contribution in [0.15, 0.2) is 12.1 Å². The second kappa shape index (κ2) is 4.72. The minimum absolute atomic E-state index is 0.128. The van der Waals surface area contributed by atoms with Gasteiger partial charge in [0.05, 0.1) is 13.0 Å². The molecule has 3 nitrogen and oxygen atoms in total. The van der Waals surface area contributed by atoms with E-state index in [0.29, 0.717) is 0 Å². The number of ether oxygens (including phenoxy) is 1. The SMILES string of the molecule is CCOc1c(CC(=O)O)ccc(F)c1F. The molecule has 0 aliphatic rings. The lowest BCUT2D eigenvalue weighted by molar-refractivity contribution is -0.136. The highest BCUT2D eigenvalue weighted by Crippen LogP contribution is 2.25. The molecule has 0 bridgehead atoms. The minimum atomic E-state index is -1.14. The first-order valence-corrected chi connectivity index (χ1v) is 4.37. The molecule has 0 saturated heterocycles. The van der Waals surface area contributed by atoms with Gasteiger partial charge in [-0.3, -0.25) is 4.79 Å². The molecule has 0 aliphatic heterocycles. The number of halogens is 2. The zero-order valence-electron chi connectivity index (χ0n) is 8.09. The van der Waals surface area contributed by atoms with Crippen LogP contribution in [0.4, 0.5) is 8.78 Å². The maximum Gasteiger partial charge on any atom is 0.307 e. The second-order valence-corrected chi connectivity index (χ2v) is 2.85. The van der Waals surface area contributed by atoms with E-state index in [1.165, 1.54) is 6.07 Å². The number of rotatable bonds is 4. The van der Waals surface area contributed by atoms with Gasteiger partial charge >= 0.3 is 5.97 Å². The lowest BCUT2D eigenvalue weighted by atomic mass is 10.1. The summed E-state index contributed by atoms with van der Waals surface area (Å²) >= 11 is 0. The molecule has 0 atom stereocenters. The Morgan fingerprint density at radius 2 is 2.13 bits per heavy atom. The van der Waals surface area contributed by atoms with E-state index in [9.17, 15) is 13.6 Å². The normalized spacial score (nSPS) is 10.1. The Morgan fingerprint density at radius 3 is 2.67 bits per heavy atom. The molecule has 1 aromatic rings. The number of carboxylic acid groups (broad SMARTS) is 1. The average Bonchev–Trinajstić information content (AvgIpc) is 2.17. The van der Waals surface area contributed by atoms with Gasteiger partial charge in [-0.15, -0.1) is 0 Å². The van der Waals surface area contributed by atoms with Crippen LogP contribution >= 0.6 is 0 Å². The fraction of sp³-hybridized carbons (Fsp3) is 0.300. The number of hydrogen-bond acceptors (Lipinski definition) is 2. The van der Waals surface area contributed by atoms with Crippen molar-refractivity contribution in [1.29, 1.82) is 0 Å². The Balaban J connectivity index is 3.14. The summed E-state index contributed by atoms with van der Waals surface area (Å²) in [5.74, 6) is -3.63. The molecule has 1 N–H and O–H groups in total. The first-order valence-electron chi connectivity index (χ1n) is 4.37. The lowest BCUT2D eigenvalue weighted by Crippen LogP contribution is -2.06. The zero-order valence-corrected chi connectivity index (χ0v) is 8.09. The van der Waals surface area contributed by atoms with Crippen LogP contribution < -0.4 is 4.74 Å². The quantitative estimate of drug-likeness (QED) is 0.837. The predicted molar refractivity (Wildman–Crippen MR) is 48.9 cm³/mol. The van der Waals surface area contributed by atoms with Crippen molar-refractivity contribution in [3.8, 4) is 5.75 Å². The van der Waals surface area contributed by atoms with Gasteiger partial charge in [-0.2, -0.15) is 4.39 Å². The number of hydrogen-bond donors (Lipinski definition) is 1. The summed E-state index contributed by atoms with van der Waals surface area (Å²) < 4.78 is 30.9. The van der Waals surface area contributed by atoms with Crippen LogP contribution in [0, 0.1) is 11.6 Å². The van der Waals surface area contributed by atoms with E-state index in [0.717, 1.165) is 6.07 Å². The molecular weight excluding hydrogens is 206 g/mol. The summed E-state index contributed by atoms with van der Waals surface area (Å²) in [6.07, 6.45) is -0.396. The lowest BCUT2D eigenvalue weighted by Gasteiger charge is -2.09. The first kappa shape index (κ1) is 11.4. The van der Waals surface area contributed by atoms with E-state index in [1.807, 2.05) is 0 Å².